The highest BCUT2D eigenvalue weighted by atomic mass is 19.1. The average Bonchev–Trinajstić information content (AvgIpc) is 1.83. The maximum Gasteiger partial charge on any atom is 0.116 e. The van der Waals surface area contributed by atoms with Crippen LogP contribution in [-0.4, -0.2) is 11.7 Å². The first-order valence-corrected chi connectivity index (χ1v) is 4.40. The van der Waals surface area contributed by atoms with Crippen LogP contribution in [0.1, 0.15) is 33.6 Å². The molecule has 0 aliphatic heterocycles. The van der Waals surface area contributed by atoms with Gasteiger partial charge in [-0.1, -0.05) is 20.8 Å². The molecular weight excluding hydrogens is 141 g/mol. The molecule has 1 aliphatic carbocycles. The fourth-order valence-electron chi connectivity index (χ4n) is 1.78. The Hall–Kier alpha value is -0.110. The highest BCUT2D eigenvalue weighted by Crippen LogP contribution is 2.44. The molecule has 0 aromatic carbocycles. The summed E-state index contributed by atoms with van der Waals surface area (Å²) < 4.78 is 13.7. The van der Waals surface area contributed by atoms with E-state index in [1.165, 1.54) is 0 Å². The zero-order chi connectivity index (χ0) is 8.65. The predicted octanol–water partition coefficient (Wildman–Crippen LogP) is 2.11. The molecule has 0 aromatic heterocycles. The summed E-state index contributed by atoms with van der Waals surface area (Å²) in [7, 11) is 0. The van der Waals surface area contributed by atoms with Crippen LogP contribution in [0, 0.1) is 11.8 Å². The van der Waals surface area contributed by atoms with Crippen molar-refractivity contribution in [3.05, 3.63) is 0 Å². The number of hydrogen-bond acceptors (Lipinski definition) is 1. The van der Waals surface area contributed by atoms with Gasteiger partial charge in [0.25, 0.3) is 0 Å². The Labute approximate surface area is 68.2 Å². The summed E-state index contributed by atoms with van der Waals surface area (Å²) in [6, 6.07) is 0.112. The topological polar surface area (TPSA) is 26.0 Å². The van der Waals surface area contributed by atoms with E-state index in [0.717, 1.165) is 0 Å². The molecule has 2 heteroatoms. The molecule has 1 rings (SSSR count). The van der Waals surface area contributed by atoms with Crippen LogP contribution < -0.4 is 5.73 Å². The summed E-state index contributed by atoms with van der Waals surface area (Å²) >= 11 is 0. The van der Waals surface area contributed by atoms with Crippen molar-refractivity contribution in [3.8, 4) is 0 Å². The Kier molecular flexibility index (Phi) is 2.24. The standard InChI is InChI=1S/C9H18FN/c1-6(2)7(3)9(10)4-8(11)5-9/h6-8H,4-5,11H2,1-3H3. The molecule has 1 aliphatic rings. The van der Waals surface area contributed by atoms with Crippen molar-refractivity contribution in [2.24, 2.45) is 17.6 Å². The lowest BCUT2D eigenvalue weighted by molar-refractivity contribution is -0.0265. The number of hydrogen-bond donors (Lipinski definition) is 1. The molecule has 11 heavy (non-hydrogen) atoms. The second-order valence-electron chi connectivity index (χ2n) is 4.24. The fraction of sp³-hybridized carbons (Fsp3) is 1.00. The first-order chi connectivity index (χ1) is 4.96. The minimum Gasteiger partial charge on any atom is -0.327 e. The third-order valence-electron chi connectivity index (χ3n) is 3.02. The van der Waals surface area contributed by atoms with Gasteiger partial charge in [0.15, 0.2) is 0 Å². The second kappa shape index (κ2) is 2.74. The van der Waals surface area contributed by atoms with Crippen LogP contribution in [0.25, 0.3) is 0 Å². The van der Waals surface area contributed by atoms with Gasteiger partial charge in [-0.3, -0.25) is 0 Å². The van der Waals surface area contributed by atoms with Gasteiger partial charge in [-0.05, 0) is 24.7 Å². The lowest BCUT2D eigenvalue weighted by atomic mass is 9.67. The summed E-state index contributed by atoms with van der Waals surface area (Å²) in [5, 5.41) is 0. The molecule has 0 saturated heterocycles. The van der Waals surface area contributed by atoms with E-state index < -0.39 is 5.67 Å². The Bertz CT molecular complexity index is 138. The van der Waals surface area contributed by atoms with Crippen LogP contribution in [0.2, 0.25) is 0 Å². The van der Waals surface area contributed by atoms with Gasteiger partial charge in [-0.15, -0.1) is 0 Å². The molecule has 0 heterocycles. The monoisotopic (exact) mass is 159 g/mol. The molecule has 0 aromatic rings. The molecule has 1 saturated carbocycles. The van der Waals surface area contributed by atoms with Crippen LogP contribution in [0.15, 0.2) is 0 Å². The molecule has 2 N–H and O–H groups in total. The van der Waals surface area contributed by atoms with Crippen LogP contribution in [0.4, 0.5) is 4.39 Å². The van der Waals surface area contributed by atoms with Gasteiger partial charge in [0.2, 0.25) is 0 Å². The lowest BCUT2D eigenvalue weighted by Crippen LogP contribution is -2.53. The van der Waals surface area contributed by atoms with E-state index in [9.17, 15) is 4.39 Å². The SMILES string of the molecule is CC(C)C(C)C1(F)CC(N)C1. The quantitative estimate of drug-likeness (QED) is 0.656. The van der Waals surface area contributed by atoms with Crippen molar-refractivity contribution >= 4 is 0 Å². The summed E-state index contributed by atoms with van der Waals surface area (Å²) in [5.41, 5.74) is 4.60. The maximum atomic E-state index is 13.7. The van der Waals surface area contributed by atoms with Gasteiger partial charge >= 0.3 is 0 Å². The van der Waals surface area contributed by atoms with Gasteiger partial charge in [0.05, 0.1) is 0 Å². The van der Waals surface area contributed by atoms with Gasteiger partial charge in [-0.2, -0.15) is 0 Å². The molecule has 1 fully saturated rings. The summed E-state index contributed by atoms with van der Waals surface area (Å²) in [6.07, 6.45) is 1.12. The number of rotatable bonds is 2. The third kappa shape index (κ3) is 1.56. The molecule has 1 unspecified atom stereocenters. The Balaban J connectivity index is 2.47. The van der Waals surface area contributed by atoms with Crippen molar-refractivity contribution in [2.75, 3.05) is 0 Å². The Morgan fingerprint density at radius 1 is 1.36 bits per heavy atom. The van der Waals surface area contributed by atoms with Crippen molar-refractivity contribution < 1.29 is 4.39 Å². The van der Waals surface area contributed by atoms with Crippen LogP contribution in [-0.2, 0) is 0 Å². The molecule has 0 radical (unpaired) electrons. The van der Waals surface area contributed by atoms with Gasteiger partial charge < -0.3 is 5.73 Å². The minimum absolute atomic E-state index is 0.112. The molecular formula is C9H18FN. The number of halogens is 1. The maximum absolute atomic E-state index is 13.7. The summed E-state index contributed by atoms with van der Waals surface area (Å²) in [5.74, 6) is 0.579. The summed E-state index contributed by atoms with van der Waals surface area (Å²) in [6.45, 7) is 6.11. The largest absolute Gasteiger partial charge is 0.327 e. The minimum atomic E-state index is -0.951. The molecule has 0 spiro atoms. The van der Waals surface area contributed by atoms with Crippen LogP contribution in [0.3, 0.4) is 0 Å². The van der Waals surface area contributed by atoms with Crippen molar-refractivity contribution in [1.29, 1.82) is 0 Å². The van der Waals surface area contributed by atoms with E-state index in [-0.39, 0.29) is 12.0 Å². The first kappa shape index (κ1) is 8.98. The van der Waals surface area contributed by atoms with Crippen molar-refractivity contribution in [3.63, 3.8) is 0 Å². The Morgan fingerprint density at radius 3 is 2.09 bits per heavy atom. The second-order valence-corrected chi connectivity index (χ2v) is 4.24. The summed E-state index contributed by atoms with van der Waals surface area (Å²) in [4.78, 5) is 0. The highest BCUT2D eigenvalue weighted by molar-refractivity contribution is 5.00. The van der Waals surface area contributed by atoms with Crippen LogP contribution in [0.5, 0.6) is 0 Å². The zero-order valence-corrected chi connectivity index (χ0v) is 7.60. The fourth-order valence-corrected chi connectivity index (χ4v) is 1.78. The molecule has 66 valence electrons. The Morgan fingerprint density at radius 2 is 1.82 bits per heavy atom. The molecule has 1 nitrogen and oxygen atoms in total. The molecule has 1 atom stereocenters. The first-order valence-electron chi connectivity index (χ1n) is 4.40. The average molecular weight is 159 g/mol. The normalized spacial score (nSPS) is 40.4. The van der Waals surface area contributed by atoms with Crippen molar-refractivity contribution in [2.45, 2.75) is 45.3 Å². The third-order valence-corrected chi connectivity index (χ3v) is 3.02. The van der Waals surface area contributed by atoms with E-state index in [0.29, 0.717) is 18.8 Å². The van der Waals surface area contributed by atoms with Crippen molar-refractivity contribution in [1.82, 2.24) is 0 Å². The smallest absolute Gasteiger partial charge is 0.116 e. The number of alkyl halides is 1. The van der Waals surface area contributed by atoms with Gasteiger partial charge in [0.1, 0.15) is 5.67 Å². The van der Waals surface area contributed by atoms with E-state index in [4.69, 9.17) is 5.73 Å². The van der Waals surface area contributed by atoms with Crippen LogP contribution >= 0.6 is 0 Å². The molecule has 0 bridgehead atoms. The van der Waals surface area contributed by atoms with E-state index in [2.05, 4.69) is 13.8 Å². The highest BCUT2D eigenvalue weighted by Gasteiger charge is 2.47. The van der Waals surface area contributed by atoms with Gasteiger partial charge in [-0.25, -0.2) is 4.39 Å². The van der Waals surface area contributed by atoms with Gasteiger partial charge in [0, 0.05) is 6.04 Å². The zero-order valence-electron chi connectivity index (χ0n) is 7.60. The predicted molar refractivity (Wildman–Crippen MR) is 45.1 cm³/mol. The van der Waals surface area contributed by atoms with E-state index in [1.807, 2.05) is 6.92 Å². The molecule has 0 amide bonds. The van der Waals surface area contributed by atoms with E-state index >= 15 is 0 Å². The van der Waals surface area contributed by atoms with E-state index in [1.54, 1.807) is 0 Å². The lowest BCUT2D eigenvalue weighted by Gasteiger charge is -2.45. The number of nitrogens with two attached hydrogens (primary N) is 1.